The van der Waals surface area contributed by atoms with Gasteiger partial charge in [-0.3, -0.25) is 0 Å². The molecule has 0 amide bonds. The van der Waals surface area contributed by atoms with Crippen molar-refractivity contribution in [3.63, 3.8) is 0 Å². The molecule has 0 saturated carbocycles. The molecular weight excluding hydrogens is 200 g/mol. The van der Waals surface area contributed by atoms with Crippen LogP contribution < -0.4 is 0 Å². The van der Waals surface area contributed by atoms with E-state index >= 15 is 0 Å². The second kappa shape index (κ2) is 4.59. The van der Waals surface area contributed by atoms with Crippen LogP contribution in [0.4, 0.5) is 0 Å². The summed E-state index contributed by atoms with van der Waals surface area (Å²) in [5.74, 6) is 0.198. The molecule has 0 N–H and O–H groups in total. The van der Waals surface area contributed by atoms with Crippen LogP contribution in [0.15, 0.2) is 0 Å². The maximum atomic E-state index is 11.6. The van der Waals surface area contributed by atoms with Gasteiger partial charge in [0.2, 0.25) is 10.0 Å². The highest BCUT2D eigenvalue weighted by Crippen LogP contribution is 2.16. The van der Waals surface area contributed by atoms with Crippen molar-refractivity contribution in [2.75, 3.05) is 32.9 Å². The summed E-state index contributed by atoms with van der Waals surface area (Å²) in [6.07, 6.45) is 2.07. The van der Waals surface area contributed by atoms with Crippen molar-refractivity contribution in [2.45, 2.75) is 25.8 Å². The lowest BCUT2D eigenvalue weighted by Crippen LogP contribution is -2.47. The van der Waals surface area contributed by atoms with E-state index in [1.54, 1.807) is 18.3 Å². The van der Waals surface area contributed by atoms with E-state index in [0.29, 0.717) is 0 Å². The van der Waals surface area contributed by atoms with E-state index in [-0.39, 0.29) is 11.8 Å². The first-order valence-corrected chi connectivity index (χ1v) is 6.72. The van der Waals surface area contributed by atoms with Crippen molar-refractivity contribution >= 4 is 10.0 Å². The summed E-state index contributed by atoms with van der Waals surface area (Å²) in [5.41, 5.74) is 0. The highest BCUT2D eigenvalue weighted by molar-refractivity contribution is 7.89. The van der Waals surface area contributed by atoms with Crippen LogP contribution >= 0.6 is 0 Å². The SMILES string of the molecule is CCS(=O)(=O)N(C)C1CCCN(C)C1. The molecule has 1 unspecified atom stereocenters. The molecule has 1 aliphatic rings. The largest absolute Gasteiger partial charge is 0.305 e. The monoisotopic (exact) mass is 220 g/mol. The normalized spacial score (nSPS) is 25.6. The summed E-state index contributed by atoms with van der Waals surface area (Å²) in [6.45, 7) is 3.63. The van der Waals surface area contributed by atoms with Gasteiger partial charge in [-0.15, -0.1) is 0 Å². The minimum absolute atomic E-state index is 0.165. The Morgan fingerprint density at radius 1 is 1.50 bits per heavy atom. The summed E-state index contributed by atoms with van der Waals surface area (Å²) in [4.78, 5) is 2.19. The quantitative estimate of drug-likeness (QED) is 0.689. The van der Waals surface area contributed by atoms with Crippen LogP contribution in [0.1, 0.15) is 19.8 Å². The summed E-state index contributed by atoms with van der Waals surface area (Å²) in [7, 11) is 0.723. The van der Waals surface area contributed by atoms with Crippen molar-refractivity contribution in [3.05, 3.63) is 0 Å². The van der Waals surface area contributed by atoms with E-state index in [1.807, 2.05) is 7.05 Å². The second-order valence-corrected chi connectivity index (χ2v) is 6.29. The highest BCUT2D eigenvalue weighted by atomic mass is 32.2. The van der Waals surface area contributed by atoms with E-state index in [1.165, 1.54) is 0 Å². The predicted molar refractivity (Wildman–Crippen MR) is 57.7 cm³/mol. The minimum Gasteiger partial charge on any atom is -0.305 e. The lowest BCUT2D eigenvalue weighted by Gasteiger charge is -2.34. The Morgan fingerprint density at radius 3 is 2.64 bits per heavy atom. The molecular formula is C9H20N2O2S. The first kappa shape index (κ1) is 11.9. The minimum atomic E-state index is -3.01. The van der Waals surface area contributed by atoms with Crippen molar-refractivity contribution in [3.8, 4) is 0 Å². The molecule has 1 saturated heterocycles. The average molecular weight is 220 g/mol. The molecule has 0 spiro atoms. The van der Waals surface area contributed by atoms with Gasteiger partial charge < -0.3 is 4.90 Å². The van der Waals surface area contributed by atoms with Crippen LogP contribution in [-0.4, -0.2) is 56.6 Å². The molecule has 5 heteroatoms. The highest BCUT2D eigenvalue weighted by Gasteiger charge is 2.27. The third-order valence-corrected chi connectivity index (χ3v) is 4.82. The molecule has 1 fully saturated rings. The van der Waals surface area contributed by atoms with Gasteiger partial charge in [-0.1, -0.05) is 0 Å². The smallest absolute Gasteiger partial charge is 0.213 e. The molecule has 84 valence electrons. The van der Waals surface area contributed by atoms with Crippen molar-refractivity contribution in [1.29, 1.82) is 0 Å². The number of nitrogens with zero attached hydrogens (tertiary/aromatic N) is 2. The molecule has 14 heavy (non-hydrogen) atoms. The van der Waals surface area contributed by atoms with Crippen LogP contribution in [0.3, 0.4) is 0 Å². The maximum absolute atomic E-state index is 11.6. The van der Waals surface area contributed by atoms with Gasteiger partial charge in [0.25, 0.3) is 0 Å². The summed E-state index contributed by atoms with van der Waals surface area (Å²) in [5, 5.41) is 0. The van der Waals surface area contributed by atoms with E-state index in [4.69, 9.17) is 0 Å². The average Bonchev–Trinajstić information content (AvgIpc) is 2.16. The molecule has 1 aliphatic heterocycles. The molecule has 1 heterocycles. The second-order valence-electron chi connectivity index (χ2n) is 3.98. The van der Waals surface area contributed by atoms with Gasteiger partial charge in [0, 0.05) is 19.6 Å². The number of hydrogen-bond acceptors (Lipinski definition) is 3. The van der Waals surface area contributed by atoms with Crippen molar-refractivity contribution in [2.24, 2.45) is 0 Å². The third-order valence-electron chi connectivity index (χ3n) is 2.92. The molecule has 1 rings (SSSR count). The molecule has 1 atom stereocenters. The topological polar surface area (TPSA) is 40.6 Å². The fourth-order valence-electron chi connectivity index (χ4n) is 1.87. The Balaban J connectivity index is 2.64. The van der Waals surface area contributed by atoms with E-state index in [2.05, 4.69) is 4.90 Å². The maximum Gasteiger partial charge on any atom is 0.213 e. The third kappa shape index (κ3) is 2.68. The van der Waals surface area contributed by atoms with Gasteiger partial charge >= 0.3 is 0 Å². The van der Waals surface area contributed by atoms with E-state index in [9.17, 15) is 8.42 Å². The van der Waals surface area contributed by atoms with Crippen LogP contribution in [-0.2, 0) is 10.0 Å². The Morgan fingerprint density at radius 2 is 2.14 bits per heavy atom. The molecule has 4 nitrogen and oxygen atoms in total. The Hall–Kier alpha value is -0.130. The van der Waals surface area contributed by atoms with Gasteiger partial charge in [-0.05, 0) is 33.4 Å². The molecule has 0 aromatic rings. The van der Waals surface area contributed by atoms with Gasteiger partial charge in [-0.2, -0.15) is 0 Å². The lowest BCUT2D eigenvalue weighted by atomic mass is 10.1. The number of piperidine rings is 1. The van der Waals surface area contributed by atoms with Gasteiger partial charge in [0.1, 0.15) is 0 Å². The van der Waals surface area contributed by atoms with Crippen molar-refractivity contribution < 1.29 is 8.42 Å². The zero-order chi connectivity index (χ0) is 10.8. The molecule has 0 aromatic carbocycles. The zero-order valence-electron chi connectivity index (χ0n) is 9.23. The Labute approximate surface area is 86.9 Å². The van der Waals surface area contributed by atoms with Gasteiger partial charge in [0.15, 0.2) is 0 Å². The molecule has 0 aromatic heterocycles. The first-order chi connectivity index (χ1) is 6.47. The number of hydrogen-bond donors (Lipinski definition) is 0. The zero-order valence-corrected chi connectivity index (χ0v) is 10.0. The standard InChI is InChI=1S/C9H20N2O2S/c1-4-14(12,13)11(3)9-6-5-7-10(2)8-9/h9H,4-8H2,1-3H3. The fraction of sp³-hybridized carbons (Fsp3) is 1.00. The summed E-state index contributed by atoms with van der Waals surface area (Å²) in [6, 6.07) is 0.165. The van der Waals surface area contributed by atoms with Crippen LogP contribution in [0.5, 0.6) is 0 Å². The molecule has 0 bridgehead atoms. The summed E-state index contributed by atoms with van der Waals surface area (Å²) < 4.78 is 24.8. The number of rotatable bonds is 3. The predicted octanol–water partition coefficient (Wildman–Crippen LogP) is 0.362. The van der Waals surface area contributed by atoms with Crippen molar-refractivity contribution in [1.82, 2.24) is 9.21 Å². The number of likely N-dealkylation sites (N-methyl/N-ethyl adjacent to an activating group) is 2. The van der Waals surface area contributed by atoms with Crippen LogP contribution in [0.25, 0.3) is 0 Å². The molecule has 0 aliphatic carbocycles. The lowest BCUT2D eigenvalue weighted by molar-refractivity contribution is 0.188. The number of likely N-dealkylation sites (tertiary alicyclic amines) is 1. The van der Waals surface area contributed by atoms with Crippen LogP contribution in [0.2, 0.25) is 0 Å². The van der Waals surface area contributed by atoms with E-state index in [0.717, 1.165) is 25.9 Å². The fourth-order valence-corrected chi connectivity index (χ4v) is 2.90. The number of sulfonamides is 1. The first-order valence-electron chi connectivity index (χ1n) is 5.11. The molecule has 0 radical (unpaired) electrons. The van der Waals surface area contributed by atoms with Gasteiger partial charge in [-0.25, -0.2) is 12.7 Å². The Bertz CT molecular complexity index is 277. The summed E-state index contributed by atoms with van der Waals surface area (Å²) >= 11 is 0. The van der Waals surface area contributed by atoms with E-state index < -0.39 is 10.0 Å². The Kier molecular flexibility index (Phi) is 3.92. The van der Waals surface area contributed by atoms with Crippen LogP contribution in [0, 0.1) is 0 Å². The van der Waals surface area contributed by atoms with Gasteiger partial charge in [0.05, 0.1) is 5.75 Å².